The Labute approximate surface area is 126 Å². The third-order valence-electron chi connectivity index (χ3n) is 2.32. The van der Waals surface area contributed by atoms with Gasteiger partial charge in [0.05, 0.1) is 16.1 Å². The van der Waals surface area contributed by atoms with Gasteiger partial charge in [0.15, 0.2) is 11.6 Å². The molecule has 20 heavy (non-hydrogen) atoms. The van der Waals surface area contributed by atoms with Crippen molar-refractivity contribution in [3.8, 4) is 0 Å². The highest BCUT2D eigenvalue weighted by atomic mass is 79.9. The molecule has 4 nitrogen and oxygen atoms in total. The minimum atomic E-state index is -3.95. The zero-order valence-electron chi connectivity index (χ0n) is 9.73. The minimum absolute atomic E-state index is 0.0729. The van der Waals surface area contributed by atoms with Crippen molar-refractivity contribution < 1.29 is 22.3 Å². The first-order valence-corrected chi connectivity index (χ1v) is 8.29. The lowest BCUT2D eigenvalue weighted by molar-refractivity contribution is 0.285. The van der Waals surface area contributed by atoms with Crippen molar-refractivity contribution in [3.05, 3.63) is 44.6 Å². The monoisotopic (exact) mass is 383 g/mol. The molecule has 1 aromatic heterocycles. The summed E-state index contributed by atoms with van der Waals surface area (Å²) < 4.78 is 52.5. The summed E-state index contributed by atoms with van der Waals surface area (Å²) in [4.78, 5) is 0.388. The summed E-state index contributed by atoms with van der Waals surface area (Å²) in [6.45, 7) is -0.288. The van der Waals surface area contributed by atoms with E-state index in [0.717, 1.165) is 29.5 Å². The van der Waals surface area contributed by atoms with Gasteiger partial charge >= 0.3 is 0 Å². The summed E-state index contributed by atoms with van der Waals surface area (Å²) in [5.74, 6) is -2.21. The maximum atomic E-state index is 13.0. The van der Waals surface area contributed by atoms with Crippen LogP contribution in [0.1, 0.15) is 4.88 Å². The minimum Gasteiger partial charge on any atom is -0.391 e. The lowest BCUT2D eigenvalue weighted by Gasteiger charge is -2.07. The van der Waals surface area contributed by atoms with Gasteiger partial charge in [0.2, 0.25) is 0 Å². The number of halogens is 3. The number of anilines is 1. The first-order chi connectivity index (χ1) is 9.33. The Morgan fingerprint density at radius 3 is 2.50 bits per heavy atom. The van der Waals surface area contributed by atoms with Gasteiger partial charge in [-0.2, -0.15) is 0 Å². The van der Waals surface area contributed by atoms with Crippen LogP contribution in [0.25, 0.3) is 0 Å². The summed E-state index contributed by atoms with van der Waals surface area (Å²) in [5.41, 5.74) is -0.0902. The summed E-state index contributed by atoms with van der Waals surface area (Å²) in [5, 5.41) is 8.98. The van der Waals surface area contributed by atoms with Gasteiger partial charge in [-0.3, -0.25) is 4.72 Å². The molecule has 0 amide bonds. The van der Waals surface area contributed by atoms with Crippen LogP contribution in [0.15, 0.2) is 32.9 Å². The molecule has 0 saturated carbocycles. The molecule has 2 aromatic rings. The van der Waals surface area contributed by atoms with E-state index < -0.39 is 21.7 Å². The molecule has 108 valence electrons. The number of hydrogen-bond donors (Lipinski definition) is 2. The van der Waals surface area contributed by atoms with E-state index in [1.165, 1.54) is 6.07 Å². The Bertz CT molecular complexity index is 746. The third-order valence-corrected chi connectivity index (χ3v) is 5.94. The highest BCUT2D eigenvalue weighted by Gasteiger charge is 2.21. The van der Waals surface area contributed by atoms with Gasteiger partial charge in [-0.15, -0.1) is 11.3 Å². The van der Waals surface area contributed by atoms with Crippen molar-refractivity contribution in [1.82, 2.24) is 0 Å². The molecule has 1 heterocycles. The molecule has 0 bridgehead atoms. The fourth-order valence-corrected chi connectivity index (χ4v) is 5.02. The molecule has 9 heteroatoms. The number of thiophene rings is 1. The van der Waals surface area contributed by atoms with Crippen molar-refractivity contribution in [1.29, 1.82) is 0 Å². The molecule has 0 atom stereocenters. The van der Waals surface area contributed by atoms with Crippen LogP contribution < -0.4 is 4.72 Å². The number of aliphatic hydroxyl groups excluding tert-OH is 1. The predicted octanol–water partition coefficient (Wildman–Crippen LogP) is 3.08. The van der Waals surface area contributed by atoms with Crippen LogP contribution >= 0.6 is 27.3 Å². The fourth-order valence-electron chi connectivity index (χ4n) is 1.43. The van der Waals surface area contributed by atoms with E-state index >= 15 is 0 Å². The molecular weight excluding hydrogens is 376 g/mol. The van der Waals surface area contributed by atoms with Crippen LogP contribution in [0.3, 0.4) is 0 Å². The van der Waals surface area contributed by atoms with E-state index in [2.05, 4.69) is 20.7 Å². The number of rotatable bonds is 4. The van der Waals surface area contributed by atoms with E-state index in [9.17, 15) is 17.2 Å². The van der Waals surface area contributed by atoms with Crippen LogP contribution in [0.2, 0.25) is 0 Å². The zero-order chi connectivity index (χ0) is 14.9. The Hall–Kier alpha value is -1.03. The van der Waals surface area contributed by atoms with E-state index in [-0.39, 0.29) is 17.2 Å². The summed E-state index contributed by atoms with van der Waals surface area (Å²) in [7, 11) is -3.95. The molecule has 0 fully saturated rings. The van der Waals surface area contributed by atoms with E-state index in [4.69, 9.17) is 5.11 Å². The Morgan fingerprint density at radius 1 is 1.25 bits per heavy atom. The molecule has 0 unspecified atom stereocenters. The lowest BCUT2D eigenvalue weighted by Crippen LogP contribution is -2.13. The number of sulfonamides is 1. The second-order valence-electron chi connectivity index (χ2n) is 3.74. The van der Waals surface area contributed by atoms with Crippen LogP contribution in [-0.2, 0) is 16.6 Å². The van der Waals surface area contributed by atoms with Crippen LogP contribution in [0.4, 0.5) is 14.5 Å². The largest absolute Gasteiger partial charge is 0.391 e. The van der Waals surface area contributed by atoms with Crippen LogP contribution in [-0.4, -0.2) is 13.5 Å². The normalized spacial score (nSPS) is 11.6. The summed E-state index contributed by atoms with van der Waals surface area (Å²) in [6.07, 6.45) is 0. The fraction of sp³-hybridized carbons (Fsp3) is 0.0909. The molecule has 0 saturated heterocycles. The van der Waals surface area contributed by atoms with Crippen molar-refractivity contribution in [2.45, 2.75) is 11.5 Å². The number of aliphatic hydroxyl groups is 1. The maximum absolute atomic E-state index is 13.0. The summed E-state index contributed by atoms with van der Waals surface area (Å²) >= 11 is 4.16. The zero-order valence-corrected chi connectivity index (χ0v) is 12.9. The van der Waals surface area contributed by atoms with Crippen molar-refractivity contribution in [2.75, 3.05) is 4.72 Å². The average Bonchev–Trinajstić information content (AvgIpc) is 2.76. The third kappa shape index (κ3) is 3.17. The van der Waals surface area contributed by atoms with E-state index in [0.29, 0.717) is 8.66 Å². The number of hydrogen-bond acceptors (Lipinski definition) is 4. The van der Waals surface area contributed by atoms with Gasteiger partial charge in [-0.05, 0) is 34.1 Å². The van der Waals surface area contributed by atoms with E-state index in [1.807, 2.05) is 0 Å². The van der Waals surface area contributed by atoms with Crippen molar-refractivity contribution in [2.24, 2.45) is 0 Å². The smallest absolute Gasteiger partial charge is 0.263 e. The van der Waals surface area contributed by atoms with Gasteiger partial charge in [0.1, 0.15) is 4.90 Å². The van der Waals surface area contributed by atoms with Gasteiger partial charge in [-0.1, -0.05) is 0 Å². The second kappa shape index (κ2) is 5.76. The van der Waals surface area contributed by atoms with Crippen LogP contribution in [0.5, 0.6) is 0 Å². The Morgan fingerprint density at radius 2 is 1.95 bits per heavy atom. The quantitative estimate of drug-likeness (QED) is 0.852. The molecule has 2 N–H and O–H groups in total. The number of benzene rings is 1. The van der Waals surface area contributed by atoms with Gasteiger partial charge in [-0.25, -0.2) is 17.2 Å². The first-order valence-electron chi connectivity index (χ1n) is 5.20. The molecule has 0 radical (unpaired) electrons. The Balaban J connectivity index is 2.35. The van der Waals surface area contributed by atoms with Crippen LogP contribution in [0, 0.1) is 11.6 Å². The molecule has 0 aliphatic rings. The molecule has 1 aromatic carbocycles. The van der Waals surface area contributed by atoms with Crippen molar-refractivity contribution >= 4 is 43.0 Å². The Kier molecular flexibility index (Phi) is 4.43. The maximum Gasteiger partial charge on any atom is 0.263 e. The molecule has 0 aliphatic carbocycles. The molecule has 0 aliphatic heterocycles. The topological polar surface area (TPSA) is 66.4 Å². The van der Waals surface area contributed by atoms with E-state index in [1.54, 1.807) is 0 Å². The average molecular weight is 384 g/mol. The molecule has 2 rings (SSSR count). The van der Waals surface area contributed by atoms with Crippen molar-refractivity contribution in [3.63, 3.8) is 0 Å². The van der Waals surface area contributed by atoms with Gasteiger partial charge in [0, 0.05) is 10.9 Å². The first kappa shape index (κ1) is 15.4. The predicted molar refractivity (Wildman–Crippen MR) is 75.1 cm³/mol. The molecule has 0 spiro atoms. The second-order valence-corrected chi connectivity index (χ2v) is 7.85. The highest BCUT2D eigenvalue weighted by Crippen LogP contribution is 2.32. The van der Waals surface area contributed by atoms with Gasteiger partial charge in [0.25, 0.3) is 10.0 Å². The van der Waals surface area contributed by atoms with Gasteiger partial charge < -0.3 is 5.11 Å². The number of nitrogens with one attached hydrogen (secondary N) is 1. The SMILES string of the molecule is O=S(=O)(Nc1ccc(F)c(F)c1)c1cc(CO)sc1Br. The molecular formula is C11H8BrF2NO3S2. The summed E-state index contributed by atoms with van der Waals surface area (Å²) in [6, 6.07) is 4.00. The lowest BCUT2D eigenvalue weighted by atomic mass is 10.3. The standard InChI is InChI=1S/C11H8BrF2NO3S2/c12-11-10(4-7(5-16)19-11)20(17,18)15-6-1-2-8(13)9(14)3-6/h1-4,15-16H,5H2. The highest BCUT2D eigenvalue weighted by molar-refractivity contribution is 9.11.